The fraction of sp³-hybridized carbons (Fsp3) is 0.0833. The van der Waals surface area contributed by atoms with E-state index in [0.717, 1.165) is 4.70 Å². The second-order valence-electron chi connectivity index (χ2n) is 3.79. The predicted molar refractivity (Wildman–Crippen MR) is 69.2 cm³/mol. The molecule has 2 heterocycles. The molecule has 0 spiro atoms. The molecule has 18 heavy (non-hydrogen) atoms. The van der Waals surface area contributed by atoms with E-state index in [-0.39, 0.29) is 10.1 Å². The number of fused-ring (bicyclic) bond motifs is 1. The van der Waals surface area contributed by atoms with Gasteiger partial charge in [0, 0.05) is 0 Å². The normalized spacial score (nSPS) is 12.0. The highest BCUT2D eigenvalue weighted by molar-refractivity contribution is 7.92. The number of aromatic nitrogens is 1. The fourth-order valence-electron chi connectivity index (χ4n) is 1.63. The monoisotopic (exact) mass is 279 g/mol. The van der Waals surface area contributed by atoms with Gasteiger partial charge in [-0.2, -0.15) is 0 Å². The Hall–Kier alpha value is -1.66. The van der Waals surface area contributed by atoms with E-state index in [4.69, 9.17) is 4.42 Å². The van der Waals surface area contributed by atoms with Crippen molar-refractivity contribution in [2.75, 3.05) is 0 Å². The van der Waals surface area contributed by atoms with Gasteiger partial charge < -0.3 is 4.42 Å². The molecule has 0 saturated heterocycles. The van der Waals surface area contributed by atoms with Gasteiger partial charge in [0.15, 0.2) is 0 Å². The maximum Gasteiger partial charge on any atom is 0.212 e. The molecule has 0 saturated carbocycles. The van der Waals surface area contributed by atoms with Gasteiger partial charge in [-0.05, 0) is 24.3 Å². The summed E-state index contributed by atoms with van der Waals surface area (Å²) >= 11 is 1.19. The summed E-state index contributed by atoms with van der Waals surface area (Å²) in [5.74, 6) is 0.272. The van der Waals surface area contributed by atoms with E-state index in [0.29, 0.717) is 11.3 Å². The van der Waals surface area contributed by atoms with Crippen LogP contribution in [0.2, 0.25) is 0 Å². The summed E-state index contributed by atoms with van der Waals surface area (Å²) < 4.78 is 30.4. The number of benzene rings is 1. The lowest BCUT2D eigenvalue weighted by Crippen LogP contribution is -2.03. The quantitative estimate of drug-likeness (QED) is 0.739. The first kappa shape index (κ1) is 11.4. The molecule has 0 aliphatic rings. The fourth-order valence-corrected chi connectivity index (χ4v) is 4.18. The molecule has 0 aliphatic carbocycles. The molecule has 1 aromatic carbocycles. The zero-order valence-corrected chi connectivity index (χ0v) is 10.9. The van der Waals surface area contributed by atoms with E-state index < -0.39 is 9.84 Å². The number of sulfone groups is 1. The molecule has 0 unspecified atom stereocenters. The first-order valence-electron chi connectivity index (χ1n) is 5.26. The van der Waals surface area contributed by atoms with Gasteiger partial charge >= 0.3 is 0 Å². The van der Waals surface area contributed by atoms with Crippen LogP contribution in [0.1, 0.15) is 5.76 Å². The van der Waals surface area contributed by atoms with Crippen molar-refractivity contribution in [2.24, 2.45) is 0 Å². The highest BCUT2D eigenvalue weighted by atomic mass is 32.2. The molecule has 3 aromatic rings. The van der Waals surface area contributed by atoms with Gasteiger partial charge in [0.2, 0.25) is 14.2 Å². The predicted octanol–water partition coefficient (Wildman–Crippen LogP) is 2.86. The summed E-state index contributed by atoms with van der Waals surface area (Å²) in [5, 5.41) is 0. The van der Waals surface area contributed by atoms with Crippen LogP contribution in [-0.2, 0) is 15.6 Å². The van der Waals surface area contributed by atoms with Crippen molar-refractivity contribution in [3.8, 4) is 0 Å². The van der Waals surface area contributed by atoms with Crippen LogP contribution in [0.4, 0.5) is 0 Å². The van der Waals surface area contributed by atoms with Gasteiger partial charge in [-0.15, -0.1) is 11.3 Å². The third kappa shape index (κ3) is 2.04. The number of rotatable bonds is 3. The smallest absolute Gasteiger partial charge is 0.212 e. The second-order valence-corrected chi connectivity index (χ2v) is 6.98. The van der Waals surface area contributed by atoms with Crippen molar-refractivity contribution in [2.45, 2.75) is 10.1 Å². The van der Waals surface area contributed by atoms with Crippen LogP contribution < -0.4 is 0 Å². The molecule has 3 rings (SSSR count). The Morgan fingerprint density at radius 2 is 2.00 bits per heavy atom. The number of furan rings is 1. The molecule has 0 atom stereocenters. The molecule has 0 aliphatic heterocycles. The average Bonchev–Trinajstić information content (AvgIpc) is 2.96. The molecular weight excluding hydrogens is 270 g/mol. The summed E-state index contributed by atoms with van der Waals surface area (Å²) in [6.45, 7) is 0. The average molecular weight is 279 g/mol. The van der Waals surface area contributed by atoms with E-state index in [2.05, 4.69) is 4.98 Å². The van der Waals surface area contributed by atoms with E-state index in [1.165, 1.54) is 17.6 Å². The van der Waals surface area contributed by atoms with Crippen LogP contribution in [0.15, 0.2) is 51.4 Å². The van der Waals surface area contributed by atoms with Crippen molar-refractivity contribution >= 4 is 31.4 Å². The Morgan fingerprint density at radius 1 is 1.17 bits per heavy atom. The van der Waals surface area contributed by atoms with Crippen LogP contribution in [0.3, 0.4) is 0 Å². The summed E-state index contributed by atoms with van der Waals surface area (Å²) in [6.07, 6.45) is 1.46. The lowest BCUT2D eigenvalue weighted by atomic mass is 10.3. The van der Waals surface area contributed by atoms with Crippen molar-refractivity contribution in [1.29, 1.82) is 0 Å². The van der Waals surface area contributed by atoms with Crippen molar-refractivity contribution < 1.29 is 12.8 Å². The van der Waals surface area contributed by atoms with Crippen molar-refractivity contribution in [1.82, 2.24) is 4.98 Å². The Balaban J connectivity index is 2.02. The van der Waals surface area contributed by atoms with Gasteiger partial charge in [-0.25, -0.2) is 13.4 Å². The molecule has 4 nitrogen and oxygen atoms in total. The maximum atomic E-state index is 12.2. The zero-order valence-electron chi connectivity index (χ0n) is 9.24. The summed E-state index contributed by atoms with van der Waals surface area (Å²) in [5.41, 5.74) is 0.709. The minimum absolute atomic E-state index is 0.139. The van der Waals surface area contributed by atoms with Crippen LogP contribution >= 0.6 is 11.3 Å². The van der Waals surface area contributed by atoms with E-state index in [1.54, 1.807) is 18.2 Å². The Labute approximate surface area is 108 Å². The lowest BCUT2D eigenvalue weighted by molar-refractivity contribution is 0.520. The molecule has 0 bridgehead atoms. The maximum absolute atomic E-state index is 12.2. The number of hydrogen-bond acceptors (Lipinski definition) is 5. The SMILES string of the molecule is O=S(=O)(Cc1ccco1)c1nc2ccccc2s1. The molecule has 0 fully saturated rings. The number of thiazole rings is 1. The van der Waals surface area contributed by atoms with Gasteiger partial charge in [-0.3, -0.25) is 0 Å². The van der Waals surface area contributed by atoms with E-state index in [9.17, 15) is 8.42 Å². The van der Waals surface area contributed by atoms with E-state index in [1.807, 2.05) is 18.2 Å². The standard InChI is InChI=1S/C12H9NO3S2/c14-18(15,8-9-4-3-7-16-9)12-13-10-5-1-2-6-11(10)17-12/h1-7H,8H2. The van der Waals surface area contributed by atoms with Gasteiger partial charge in [0.1, 0.15) is 11.5 Å². The molecule has 2 aromatic heterocycles. The topological polar surface area (TPSA) is 60.2 Å². The Morgan fingerprint density at radius 3 is 2.72 bits per heavy atom. The summed E-state index contributed by atoms with van der Waals surface area (Å²) in [7, 11) is -3.43. The summed E-state index contributed by atoms with van der Waals surface area (Å²) in [4.78, 5) is 4.15. The third-order valence-corrected chi connectivity index (χ3v) is 5.58. The largest absolute Gasteiger partial charge is 0.468 e. The molecule has 6 heteroatoms. The van der Waals surface area contributed by atoms with Crippen LogP contribution in [0.25, 0.3) is 10.2 Å². The second kappa shape index (κ2) is 4.22. The summed E-state index contributed by atoms with van der Waals surface area (Å²) in [6, 6.07) is 10.7. The van der Waals surface area contributed by atoms with Crippen LogP contribution in [0, 0.1) is 0 Å². The van der Waals surface area contributed by atoms with E-state index >= 15 is 0 Å². The minimum Gasteiger partial charge on any atom is -0.468 e. The van der Waals surface area contributed by atoms with Crippen molar-refractivity contribution in [3.63, 3.8) is 0 Å². The Kier molecular flexibility index (Phi) is 2.68. The zero-order chi connectivity index (χ0) is 12.6. The van der Waals surface area contributed by atoms with Crippen LogP contribution in [0.5, 0.6) is 0 Å². The van der Waals surface area contributed by atoms with Gasteiger partial charge in [0.05, 0.1) is 16.5 Å². The molecule has 0 radical (unpaired) electrons. The number of para-hydroxylation sites is 1. The lowest BCUT2D eigenvalue weighted by Gasteiger charge is -1.96. The highest BCUT2D eigenvalue weighted by Gasteiger charge is 2.21. The number of hydrogen-bond donors (Lipinski definition) is 0. The number of nitrogens with zero attached hydrogens (tertiary/aromatic N) is 1. The highest BCUT2D eigenvalue weighted by Crippen LogP contribution is 2.27. The van der Waals surface area contributed by atoms with Crippen LogP contribution in [-0.4, -0.2) is 13.4 Å². The van der Waals surface area contributed by atoms with Gasteiger partial charge in [0.25, 0.3) is 0 Å². The Bertz CT molecular complexity index is 740. The first-order valence-corrected chi connectivity index (χ1v) is 7.73. The molecule has 0 N–H and O–H groups in total. The minimum atomic E-state index is -3.43. The molecular formula is C12H9NO3S2. The third-order valence-electron chi connectivity index (χ3n) is 2.45. The first-order chi connectivity index (χ1) is 8.65. The molecule has 0 amide bonds. The van der Waals surface area contributed by atoms with Gasteiger partial charge in [-0.1, -0.05) is 12.1 Å². The molecule has 92 valence electrons. The van der Waals surface area contributed by atoms with Crippen molar-refractivity contribution in [3.05, 3.63) is 48.4 Å².